The van der Waals surface area contributed by atoms with Gasteiger partial charge in [0.15, 0.2) is 0 Å². The number of nitrogens with zero attached hydrogens (tertiary/aromatic N) is 2. The number of alkyl carbamates (subject to hydrolysis) is 1. The smallest absolute Gasteiger partial charge is 0.407 e. The van der Waals surface area contributed by atoms with Gasteiger partial charge in [0.25, 0.3) is 0 Å². The van der Waals surface area contributed by atoms with E-state index in [-0.39, 0.29) is 12.1 Å². The second-order valence-corrected chi connectivity index (χ2v) is 8.81. The Labute approximate surface area is 167 Å². The van der Waals surface area contributed by atoms with E-state index in [2.05, 4.69) is 32.6 Å². The minimum absolute atomic E-state index is 0.0888. The van der Waals surface area contributed by atoms with E-state index in [9.17, 15) is 4.79 Å². The summed E-state index contributed by atoms with van der Waals surface area (Å²) in [7, 11) is 0. The van der Waals surface area contributed by atoms with Crippen LogP contribution in [0, 0.1) is 0 Å². The molecule has 1 atom stereocenters. The molecule has 2 aliphatic heterocycles. The van der Waals surface area contributed by atoms with E-state index in [1.807, 2.05) is 26.8 Å². The molecule has 1 aromatic rings. The van der Waals surface area contributed by atoms with Gasteiger partial charge in [-0.2, -0.15) is 0 Å². The van der Waals surface area contributed by atoms with Crippen molar-refractivity contribution < 1.29 is 9.53 Å². The van der Waals surface area contributed by atoms with Crippen LogP contribution in [-0.4, -0.2) is 61.9 Å². The number of carbonyl (C=O) groups excluding carboxylic acids is 1. The van der Waals surface area contributed by atoms with E-state index in [1.54, 1.807) is 0 Å². The van der Waals surface area contributed by atoms with Crippen molar-refractivity contribution in [2.45, 2.75) is 45.4 Å². The topological polar surface area (TPSA) is 56.8 Å². The number of nitrogens with one attached hydrogen (secondary N) is 2. The monoisotopic (exact) mass is 394 g/mol. The van der Waals surface area contributed by atoms with Gasteiger partial charge in [0, 0.05) is 56.5 Å². The van der Waals surface area contributed by atoms with E-state index in [4.69, 9.17) is 16.3 Å². The Morgan fingerprint density at radius 3 is 2.74 bits per heavy atom. The highest BCUT2D eigenvalue weighted by atomic mass is 35.5. The summed E-state index contributed by atoms with van der Waals surface area (Å²) >= 11 is 6.29. The van der Waals surface area contributed by atoms with Crippen LogP contribution in [0.1, 0.15) is 32.8 Å². The number of anilines is 1. The summed E-state index contributed by atoms with van der Waals surface area (Å²) in [6.45, 7) is 12.4. The normalized spacial score (nSPS) is 21.3. The number of halogens is 1. The second-order valence-electron chi connectivity index (χ2n) is 8.38. The highest BCUT2D eigenvalue weighted by Crippen LogP contribution is 2.29. The molecule has 2 fully saturated rings. The summed E-state index contributed by atoms with van der Waals surface area (Å²) in [6, 6.07) is 6.24. The Balaban J connectivity index is 1.64. The quantitative estimate of drug-likeness (QED) is 0.822. The molecule has 0 aromatic heterocycles. The van der Waals surface area contributed by atoms with E-state index in [0.29, 0.717) is 0 Å². The molecule has 2 aliphatic rings. The Hall–Kier alpha value is -1.50. The zero-order chi connectivity index (χ0) is 19.4. The average Bonchev–Trinajstić information content (AvgIpc) is 3.04. The summed E-state index contributed by atoms with van der Waals surface area (Å²) in [5.41, 5.74) is 1.99. The minimum Gasteiger partial charge on any atom is -0.444 e. The van der Waals surface area contributed by atoms with Crippen molar-refractivity contribution in [2.75, 3.05) is 44.2 Å². The van der Waals surface area contributed by atoms with E-state index < -0.39 is 5.60 Å². The lowest BCUT2D eigenvalue weighted by molar-refractivity contribution is 0.0509. The van der Waals surface area contributed by atoms with Crippen molar-refractivity contribution in [3.63, 3.8) is 0 Å². The zero-order valence-electron chi connectivity index (χ0n) is 16.6. The predicted octanol–water partition coefficient (Wildman–Crippen LogP) is 2.85. The van der Waals surface area contributed by atoms with Gasteiger partial charge in [0.05, 0.1) is 6.04 Å². The first kappa shape index (κ1) is 20.2. The maximum absolute atomic E-state index is 12.1. The molecule has 0 radical (unpaired) electrons. The van der Waals surface area contributed by atoms with Gasteiger partial charge in [-0.15, -0.1) is 0 Å². The molecule has 0 spiro atoms. The molecule has 0 saturated carbocycles. The Morgan fingerprint density at radius 1 is 1.30 bits per heavy atom. The third-order valence-corrected chi connectivity index (χ3v) is 5.14. The second kappa shape index (κ2) is 8.67. The van der Waals surface area contributed by atoms with Crippen LogP contribution in [0.2, 0.25) is 5.02 Å². The fraction of sp³-hybridized carbons (Fsp3) is 0.650. The fourth-order valence-electron chi connectivity index (χ4n) is 3.65. The third kappa shape index (κ3) is 5.99. The highest BCUT2D eigenvalue weighted by Gasteiger charge is 2.28. The van der Waals surface area contributed by atoms with E-state index in [0.717, 1.165) is 57.3 Å². The molecule has 0 bridgehead atoms. The SMILES string of the molecule is CC(C)(C)OC(=O)N[C@@H]1CCN(c2cc(Cl)ccc2CN2CCNCC2)C1. The first-order valence-corrected chi connectivity index (χ1v) is 10.1. The summed E-state index contributed by atoms with van der Waals surface area (Å²) in [5.74, 6) is 0. The standard InChI is InChI=1S/C20H31ClN4O2/c1-20(2,3)27-19(26)23-17-6-9-25(14-17)18-12-16(21)5-4-15(18)13-24-10-7-22-8-11-24/h4-5,12,17,22H,6-11,13-14H2,1-3H3,(H,23,26)/t17-/m1/s1. The lowest BCUT2D eigenvalue weighted by Crippen LogP contribution is -2.43. The van der Waals surface area contributed by atoms with Crippen LogP contribution in [0.4, 0.5) is 10.5 Å². The Bertz CT molecular complexity index is 656. The zero-order valence-corrected chi connectivity index (χ0v) is 17.3. The molecule has 3 rings (SSSR count). The molecular weight excluding hydrogens is 364 g/mol. The lowest BCUT2D eigenvalue weighted by Gasteiger charge is -2.30. The average molecular weight is 395 g/mol. The van der Waals surface area contributed by atoms with Gasteiger partial charge in [-0.25, -0.2) is 4.79 Å². The number of amides is 1. The van der Waals surface area contributed by atoms with Crippen molar-refractivity contribution in [1.29, 1.82) is 0 Å². The molecule has 2 N–H and O–H groups in total. The summed E-state index contributed by atoms with van der Waals surface area (Å²) in [4.78, 5) is 16.8. The summed E-state index contributed by atoms with van der Waals surface area (Å²) < 4.78 is 5.38. The van der Waals surface area contributed by atoms with Gasteiger partial charge in [-0.05, 0) is 44.9 Å². The molecule has 1 aromatic carbocycles. The number of piperazine rings is 1. The number of rotatable bonds is 4. The van der Waals surface area contributed by atoms with Crippen molar-refractivity contribution in [2.24, 2.45) is 0 Å². The first-order chi connectivity index (χ1) is 12.8. The van der Waals surface area contributed by atoms with Gasteiger partial charge in [-0.3, -0.25) is 4.90 Å². The van der Waals surface area contributed by atoms with Crippen LogP contribution in [0.5, 0.6) is 0 Å². The molecule has 2 heterocycles. The summed E-state index contributed by atoms with van der Waals surface area (Å²) in [6.07, 6.45) is 0.556. The van der Waals surface area contributed by atoms with Crippen molar-refractivity contribution in [3.05, 3.63) is 28.8 Å². The molecule has 0 unspecified atom stereocenters. The molecule has 0 aliphatic carbocycles. The number of hydrogen-bond donors (Lipinski definition) is 2. The fourth-order valence-corrected chi connectivity index (χ4v) is 3.81. The molecule has 6 nitrogen and oxygen atoms in total. The van der Waals surface area contributed by atoms with Crippen LogP contribution in [0.3, 0.4) is 0 Å². The molecule has 150 valence electrons. The maximum Gasteiger partial charge on any atom is 0.407 e. The van der Waals surface area contributed by atoms with Crippen molar-refractivity contribution in [3.8, 4) is 0 Å². The van der Waals surface area contributed by atoms with Crippen molar-refractivity contribution >= 4 is 23.4 Å². The molecular formula is C20H31ClN4O2. The van der Waals surface area contributed by atoms with Crippen LogP contribution in [0.25, 0.3) is 0 Å². The largest absolute Gasteiger partial charge is 0.444 e. The highest BCUT2D eigenvalue weighted by molar-refractivity contribution is 6.30. The van der Waals surface area contributed by atoms with E-state index >= 15 is 0 Å². The van der Waals surface area contributed by atoms with Crippen LogP contribution in [0.15, 0.2) is 18.2 Å². The van der Waals surface area contributed by atoms with Gasteiger partial charge in [-0.1, -0.05) is 17.7 Å². The Kier molecular flexibility index (Phi) is 6.50. The van der Waals surface area contributed by atoms with Gasteiger partial charge < -0.3 is 20.3 Å². The van der Waals surface area contributed by atoms with Crippen LogP contribution < -0.4 is 15.5 Å². The summed E-state index contributed by atoms with van der Waals surface area (Å²) in [5, 5.41) is 7.14. The number of ether oxygens (including phenoxy) is 1. The van der Waals surface area contributed by atoms with Gasteiger partial charge in [0.2, 0.25) is 0 Å². The first-order valence-electron chi connectivity index (χ1n) is 9.76. The number of benzene rings is 1. The number of hydrogen-bond acceptors (Lipinski definition) is 5. The Morgan fingerprint density at radius 2 is 2.04 bits per heavy atom. The lowest BCUT2D eigenvalue weighted by atomic mass is 10.1. The number of carbonyl (C=O) groups is 1. The maximum atomic E-state index is 12.1. The van der Waals surface area contributed by atoms with Crippen LogP contribution >= 0.6 is 11.6 Å². The third-order valence-electron chi connectivity index (χ3n) is 4.90. The van der Waals surface area contributed by atoms with Gasteiger partial charge >= 0.3 is 6.09 Å². The predicted molar refractivity (Wildman–Crippen MR) is 110 cm³/mol. The molecule has 7 heteroatoms. The van der Waals surface area contributed by atoms with Crippen LogP contribution in [-0.2, 0) is 11.3 Å². The molecule has 27 heavy (non-hydrogen) atoms. The molecule has 1 amide bonds. The minimum atomic E-state index is -0.480. The van der Waals surface area contributed by atoms with Gasteiger partial charge in [0.1, 0.15) is 5.60 Å². The van der Waals surface area contributed by atoms with Crippen molar-refractivity contribution in [1.82, 2.24) is 15.5 Å². The van der Waals surface area contributed by atoms with E-state index in [1.165, 1.54) is 11.3 Å². The molecule has 2 saturated heterocycles.